The van der Waals surface area contributed by atoms with Crippen molar-refractivity contribution in [3.8, 4) is 5.75 Å². The molecular weight excluding hydrogens is 195 g/mol. The van der Waals surface area contributed by atoms with Crippen LogP contribution >= 0.6 is 0 Å². The Balaban J connectivity index is 2.08. The highest BCUT2D eigenvalue weighted by atomic mass is 19.1. The molecule has 2 nitrogen and oxygen atoms in total. The van der Waals surface area contributed by atoms with Crippen LogP contribution in [-0.4, -0.2) is 0 Å². The molecule has 0 atom stereocenters. The number of benzene rings is 1. The molecule has 3 heteroatoms. The molecule has 0 unspecified atom stereocenters. The van der Waals surface area contributed by atoms with Crippen molar-refractivity contribution in [1.82, 2.24) is 0 Å². The van der Waals surface area contributed by atoms with Crippen LogP contribution in [0.5, 0.6) is 5.75 Å². The van der Waals surface area contributed by atoms with Gasteiger partial charge in [-0.25, -0.2) is 4.39 Å². The highest BCUT2D eigenvalue weighted by Gasteiger charge is 2.05. The van der Waals surface area contributed by atoms with Crippen molar-refractivity contribution < 1.29 is 13.5 Å². The van der Waals surface area contributed by atoms with Crippen molar-refractivity contribution in [2.24, 2.45) is 0 Å². The molecule has 0 saturated heterocycles. The summed E-state index contributed by atoms with van der Waals surface area (Å²) in [5.41, 5.74) is 1.47. The van der Waals surface area contributed by atoms with E-state index >= 15 is 0 Å². The van der Waals surface area contributed by atoms with E-state index < -0.39 is 0 Å². The van der Waals surface area contributed by atoms with E-state index in [9.17, 15) is 4.39 Å². The first-order valence-electron chi connectivity index (χ1n) is 4.66. The smallest absolute Gasteiger partial charge is 0.167 e. The second-order valence-corrected chi connectivity index (χ2v) is 3.31. The number of ether oxygens (including phenoxy) is 1. The fourth-order valence-electron chi connectivity index (χ4n) is 1.27. The van der Waals surface area contributed by atoms with Gasteiger partial charge in [0.2, 0.25) is 0 Å². The van der Waals surface area contributed by atoms with E-state index in [0.717, 1.165) is 5.56 Å². The summed E-state index contributed by atoms with van der Waals surface area (Å²) in [6, 6.07) is 6.87. The average molecular weight is 206 g/mol. The maximum atomic E-state index is 13.5. The summed E-state index contributed by atoms with van der Waals surface area (Å²) in [5, 5.41) is 0. The Kier molecular flexibility index (Phi) is 2.72. The van der Waals surface area contributed by atoms with Gasteiger partial charge in [0.25, 0.3) is 0 Å². The normalized spacial score (nSPS) is 10.3. The molecule has 0 aliphatic carbocycles. The average Bonchev–Trinajstić information content (AvgIpc) is 2.73. The molecular formula is C12H11FO2. The van der Waals surface area contributed by atoms with E-state index in [2.05, 4.69) is 0 Å². The lowest BCUT2D eigenvalue weighted by Gasteiger charge is -2.06. The number of furan rings is 1. The van der Waals surface area contributed by atoms with Gasteiger partial charge >= 0.3 is 0 Å². The van der Waals surface area contributed by atoms with Gasteiger partial charge < -0.3 is 9.15 Å². The molecule has 0 spiro atoms. The molecule has 2 rings (SSSR count). The standard InChI is InChI=1S/C12H11FO2/c1-9-3-2-4-11(12(9)13)15-8-10-5-6-14-7-10/h2-7H,8H2,1H3. The van der Waals surface area contributed by atoms with E-state index in [1.165, 1.54) is 0 Å². The molecule has 0 aliphatic heterocycles. The first-order valence-corrected chi connectivity index (χ1v) is 4.66. The lowest BCUT2D eigenvalue weighted by atomic mass is 10.2. The van der Waals surface area contributed by atoms with Crippen LogP contribution in [0.25, 0.3) is 0 Å². The van der Waals surface area contributed by atoms with Crippen molar-refractivity contribution in [3.63, 3.8) is 0 Å². The third-order valence-corrected chi connectivity index (χ3v) is 2.13. The highest BCUT2D eigenvalue weighted by Crippen LogP contribution is 2.20. The third-order valence-electron chi connectivity index (χ3n) is 2.13. The minimum Gasteiger partial charge on any atom is -0.486 e. The van der Waals surface area contributed by atoms with Crippen LogP contribution in [0.4, 0.5) is 4.39 Å². The van der Waals surface area contributed by atoms with Crippen molar-refractivity contribution in [2.75, 3.05) is 0 Å². The summed E-state index contributed by atoms with van der Waals surface area (Å²) in [7, 11) is 0. The topological polar surface area (TPSA) is 22.4 Å². The van der Waals surface area contributed by atoms with Gasteiger partial charge in [-0.1, -0.05) is 12.1 Å². The number of rotatable bonds is 3. The van der Waals surface area contributed by atoms with E-state index in [-0.39, 0.29) is 11.6 Å². The third kappa shape index (κ3) is 2.18. The molecule has 0 aliphatic rings. The minimum atomic E-state index is -0.305. The van der Waals surface area contributed by atoms with Gasteiger partial charge in [0, 0.05) is 5.56 Å². The first-order chi connectivity index (χ1) is 7.27. The zero-order chi connectivity index (χ0) is 10.7. The summed E-state index contributed by atoms with van der Waals surface area (Å²) < 4.78 is 23.7. The summed E-state index contributed by atoms with van der Waals surface area (Å²) >= 11 is 0. The van der Waals surface area contributed by atoms with Gasteiger partial charge in [0.1, 0.15) is 6.61 Å². The molecule has 15 heavy (non-hydrogen) atoms. The Hall–Kier alpha value is -1.77. The van der Waals surface area contributed by atoms with E-state index in [1.807, 2.05) is 0 Å². The first kappa shape index (κ1) is 9.77. The van der Waals surface area contributed by atoms with E-state index in [0.29, 0.717) is 12.2 Å². The zero-order valence-corrected chi connectivity index (χ0v) is 8.37. The van der Waals surface area contributed by atoms with E-state index in [1.54, 1.807) is 43.7 Å². The maximum absolute atomic E-state index is 13.5. The largest absolute Gasteiger partial charge is 0.486 e. The van der Waals surface area contributed by atoms with Gasteiger partial charge in [-0.15, -0.1) is 0 Å². The quantitative estimate of drug-likeness (QED) is 0.768. The van der Waals surface area contributed by atoms with Crippen LogP contribution in [0.3, 0.4) is 0 Å². The fourth-order valence-corrected chi connectivity index (χ4v) is 1.27. The molecule has 0 amide bonds. The number of halogens is 1. The van der Waals surface area contributed by atoms with Crippen LogP contribution in [0.15, 0.2) is 41.2 Å². The minimum absolute atomic E-state index is 0.274. The van der Waals surface area contributed by atoms with Gasteiger partial charge in [-0.05, 0) is 24.6 Å². The van der Waals surface area contributed by atoms with Crippen LogP contribution in [0.1, 0.15) is 11.1 Å². The predicted molar refractivity (Wildman–Crippen MR) is 54.2 cm³/mol. The molecule has 1 aromatic carbocycles. The zero-order valence-electron chi connectivity index (χ0n) is 8.37. The molecule has 0 radical (unpaired) electrons. The van der Waals surface area contributed by atoms with Crippen molar-refractivity contribution in [1.29, 1.82) is 0 Å². The summed E-state index contributed by atoms with van der Waals surface area (Å²) in [5.74, 6) is -0.0304. The SMILES string of the molecule is Cc1cccc(OCc2ccoc2)c1F. The Labute approximate surface area is 87.3 Å². The molecule has 1 aromatic heterocycles. The lowest BCUT2D eigenvalue weighted by molar-refractivity contribution is 0.288. The molecule has 78 valence electrons. The second kappa shape index (κ2) is 4.17. The lowest BCUT2D eigenvalue weighted by Crippen LogP contribution is -1.97. The Bertz CT molecular complexity index is 435. The van der Waals surface area contributed by atoms with Crippen LogP contribution in [-0.2, 0) is 6.61 Å². The predicted octanol–water partition coefficient (Wildman–Crippen LogP) is 3.31. The number of aryl methyl sites for hydroxylation is 1. The van der Waals surface area contributed by atoms with Crippen molar-refractivity contribution in [3.05, 3.63) is 53.7 Å². The Morgan fingerprint density at radius 2 is 2.20 bits per heavy atom. The molecule has 0 bridgehead atoms. The molecule has 2 aromatic rings. The molecule has 1 heterocycles. The van der Waals surface area contributed by atoms with Gasteiger partial charge in [0.15, 0.2) is 11.6 Å². The number of hydrogen-bond donors (Lipinski definition) is 0. The van der Waals surface area contributed by atoms with Crippen molar-refractivity contribution in [2.45, 2.75) is 13.5 Å². The summed E-state index contributed by atoms with van der Waals surface area (Å²) in [6.07, 6.45) is 3.14. The van der Waals surface area contributed by atoms with E-state index in [4.69, 9.17) is 9.15 Å². The van der Waals surface area contributed by atoms with Crippen LogP contribution in [0, 0.1) is 12.7 Å². The van der Waals surface area contributed by atoms with Gasteiger partial charge in [0.05, 0.1) is 12.5 Å². The highest BCUT2D eigenvalue weighted by molar-refractivity contribution is 5.30. The summed E-state index contributed by atoms with van der Waals surface area (Å²) in [6.45, 7) is 2.02. The Morgan fingerprint density at radius 1 is 1.33 bits per heavy atom. The number of hydrogen-bond acceptors (Lipinski definition) is 2. The van der Waals surface area contributed by atoms with Crippen LogP contribution < -0.4 is 4.74 Å². The monoisotopic (exact) mass is 206 g/mol. The van der Waals surface area contributed by atoms with Crippen LogP contribution in [0.2, 0.25) is 0 Å². The molecule has 0 saturated carbocycles. The molecule has 0 fully saturated rings. The molecule has 0 N–H and O–H groups in total. The maximum Gasteiger partial charge on any atom is 0.167 e. The van der Waals surface area contributed by atoms with Crippen molar-refractivity contribution >= 4 is 0 Å². The van der Waals surface area contributed by atoms with Gasteiger partial charge in [-0.3, -0.25) is 0 Å². The summed E-state index contributed by atoms with van der Waals surface area (Å²) in [4.78, 5) is 0. The fraction of sp³-hybridized carbons (Fsp3) is 0.167. The Morgan fingerprint density at radius 3 is 2.93 bits per heavy atom. The second-order valence-electron chi connectivity index (χ2n) is 3.31. The van der Waals surface area contributed by atoms with Gasteiger partial charge in [-0.2, -0.15) is 0 Å².